The molecule has 0 bridgehead atoms. The van der Waals surface area contributed by atoms with E-state index < -0.39 is 0 Å². The zero-order valence-corrected chi connectivity index (χ0v) is 7.82. The Morgan fingerprint density at radius 2 is 2.31 bits per heavy atom. The van der Waals surface area contributed by atoms with Crippen LogP contribution in [0.3, 0.4) is 0 Å². The fourth-order valence-corrected chi connectivity index (χ4v) is 1.12. The molecule has 0 aliphatic rings. The minimum Gasteiger partial charge on any atom is -0.444 e. The van der Waals surface area contributed by atoms with E-state index in [9.17, 15) is 4.79 Å². The summed E-state index contributed by atoms with van der Waals surface area (Å²) in [6.45, 7) is 0. The van der Waals surface area contributed by atoms with Crippen molar-refractivity contribution in [2.75, 3.05) is 0 Å². The highest BCUT2D eigenvalue weighted by atomic mass is 79.9. The average Bonchev–Trinajstić information content (AvgIpc) is 2.71. The minimum atomic E-state index is 0.00234. The van der Waals surface area contributed by atoms with Crippen molar-refractivity contribution >= 4 is 22.2 Å². The highest BCUT2D eigenvalue weighted by Gasteiger charge is 2.11. The van der Waals surface area contributed by atoms with Gasteiger partial charge in [-0.15, -0.1) is 0 Å². The summed E-state index contributed by atoms with van der Waals surface area (Å²) in [5.41, 5.74) is 0. The molecule has 66 valence electrons. The predicted molar refractivity (Wildman–Crippen MR) is 45.1 cm³/mol. The molecule has 0 aliphatic heterocycles. The van der Waals surface area contributed by atoms with Crippen LogP contribution >= 0.6 is 15.9 Å². The van der Waals surface area contributed by atoms with Gasteiger partial charge in [0.2, 0.25) is 5.82 Å². The van der Waals surface area contributed by atoms with Crippen LogP contribution in [0.25, 0.3) is 11.7 Å². The van der Waals surface area contributed by atoms with Gasteiger partial charge in [0.15, 0.2) is 16.7 Å². The molecule has 0 radical (unpaired) electrons. The molecule has 0 atom stereocenters. The number of halogens is 1. The SMILES string of the molecule is O=Cc1noc(-c2ccc(Br)o2)n1. The van der Waals surface area contributed by atoms with Crippen molar-refractivity contribution in [2.45, 2.75) is 0 Å². The summed E-state index contributed by atoms with van der Waals surface area (Å²) in [5.74, 6) is 0.614. The van der Waals surface area contributed by atoms with E-state index >= 15 is 0 Å². The number of hydrogen-bond acceptors (Lipinski definition) is 5. The number of hydrogen-bond donors (Lipinski definition) is 0. The third-order valence-corrected chi connectivity index (χ3v) is 1.76. The van der Waals surface area contributed by atoms with Gasteiger partial charge in [0.25, 0.3) is 5.89 Å². The molecule has 2 heterocycles. The Morgan fingerprint density at radius 1 is 1.46 bits per heavy atom. The lowest BCUT2D eigenvalue weighted by atomic mass is 10.4. The van der Waals surface area contributed by atoms with Crippen LogP contribution in [0.1, 0.15) is 10.6 Å². The van der Waals surface area contributed by atoms with E-state index in [1.54, 1.807) is 12.1 Å². The summed E-state index contributed by atoms with van der Waals surface area (Å²) >= 11 is 3.13. The first kappa shape index (κ1) is 8.18. The second-order valence-electron chi connectivity index (χ2n) is 2.18. The lowest BCUT2D eigenvalue weighted by molar-refractivity contribution is 0.111. The zero-order valence-electron chi connectivity index (χ0n) is 6.23. The Hall–Kier alpha value is -1.43. The van der Waals surface area contributed by atoms with Gasteiger partial charge in [0.05, 0.1) is 0 Å². The topological polar surface area (TPSA) is 69.1 Å². The molecule has 0 saturated heterocycles. The van der Waals surface area contributed by atoms with Crippen molar-refractivity contribution in [3.8, 4) is 11.7 Å². The van der Waals surface area contributed by atoms with E-state index in [4.69, 9.17) is 8.94 Å². The lowest BCUT2D eigenvalue weighted by Crippen LogP contribution is -1.80. The Labute approximate surface area is 80.9 Å². The van der Waals surface area contributed by atoms with E-state index in [2.05, 4.69) is 26.1 Å². The molecule has 0 fully saturated rings. The summed E-state index contributed by atoms with van der Waals surface area (Å²) in [4.78, 5) is 14.0. The molecule has 0 spiro atoms. The van der Waals surface area contributed by atoms with E-state index in [0.29, 0.717) is 16.7 Å². The molecule has 0 amide bonds. The minimum absolute atomic E-state index is 0.00234. The van der Waals surface area contributed by atoms with E-state index in [1.807, 2.05) is 0 Å². The summed E-state index contributed by atoms with van der Waals surface area (Å²) in [7, 11) is 0. The average molecular weight is 243 g/mol. The molecule has 5 nitrogen and oxygen atoms in total. The molecule has 0 aromatic carbocycles. The predicted octanol–water partition coefficient (Wildman–Crippen LogP) is 1.90. The first-order chi connectivity index (χ1) is 6.29. The van der Waals surface area contributed by atoms with Gasteiger partial charge >= 0.3 is 0 Å². The quantitative estimate of drug-likeness (QED) is 0.753. The lowest BCUT2D eigenvalue weighted by Gasteiger charge is -1.82. The number of aromatic nitrogens is 2. The van der Waals surface area contributed by atoms with Gasteiger partial charge in [-0.2, -0.15) is 4.98 Å². The van der Waals surface area contributed by atoms with Crippen molar-refractivity contribution in [1.29, 1.82) is 0 Å². The van der Waals surface area contributed by atoms with Crippen LogP contribution in [0.2, 0.25) is 0 Å². The summed E-state index contributed by atoms with van der Waals surface area (Å²) in [6, 6.07) is 3.35. The van der Waals surface area contributed by atoms with Crippen LogP contribution in [0.4, 0.5) is 0 Å². The normalized spacial score (nSPS) is 10.2. The highest BCUT2D eigenvalue weighted by molar-refractivity contribution is 9.10. The van der Waals surface area contributed by atoms with Crippen molar-refractivity contribution < 1.29 is 13.7 Å². The molecule has 2 rings (SSSR count). The van der Waals surface area contributed by atoms with Crippen molar-refractivity contribution in [2.24, 2.45) is 0 Å². The zero-order chi connectivity index (χ0) is 9.26. The van der Waals surface area contributed by atoms with E-state index in [0.717, 1.165) is 0 Å². The number of furan rings is 1. The molecule has 2 aromatic rings. The number of carbonyl (C=O) groups excluding carboxylic acids is 1. The number of rotatable bonds is 2. The molecule has 0 aliphatic carbocycles. The number of nitrogens with zero attached hydrogens (tertiary/aromatic N) is 2. The number of carbonyl (C=O) groups is 1. The Balaban J connectivity index is 2.40. The fourth-order valence-electron chi connectivity index (χ4n) is 0.812. The molecule has 0 saturated carbocycles. The Morgan fingerprint density at radius 3 is 2.85 bits per heavy atom. The smallest absolute Gasteiger partial charge is 0.294 e. The maximum Gasteiger partial charge on any atom is 0.294 e. The van der Waals surface area contributed by atoms with Crippen molar-refractivity contribution in [3.63, 3.8) is 0 Å². The molecular weight excluding hydrogens is 240 g/mol. The fraction of sp³-hybridized carbons (Fsp3) is 0. The standard InChI is InChI=1S/C7H3BrN2O3/c8-5-2-1-4(12-5)7-9-6(3-11)10-13-7/h1-3H. The van der Waals surface area contributed by atoms with E-state index in [1.165, 1.54) is 0 Å². The molecule has 0 unspecified atom stereocenters. The molecule has 2 aromatic heterocycles. The van der Waals surface area contributed by atoms with Crippen LogP contribution in [-0.4, -0.2) is 16.4 Å². The van der Waals surface area contributed by atoms with Crippen LogP contribution < -0.4 is 0 Å². The Bertz CT molecular complexity index is 434. The second-order valence-corrected chi connectivity index (χ2v) is 2.96. The van der Waals surface area contributed by atoms with Crippen molar-refractivity contribution in [3.05, 3.63) is 22.6 Å². The second kappa shape index (κ2) is 3.14. The van der Waals surface area contributed by atoms with Gasteiger partial charge in [-0.25, -0.2) is 0 Å². The maximum atomic E-state index is 10.2. The largest absolute Gasteiger partial charge is 0.444 e. The van der Waals surface area contributed by atoms with Gasteiger partial charge < -0.3 is 8.94 Å². The molecule has 0 N–H and O–H groups in total. The first-order valence-corrected chi connectivity index (χ1v) is 4.13. The van der Waals surface area contributed by atoms with Crippen LogP contribution in [0.15, 0.2) is 25.7 Å². The molecule has 13 heavy (non-hydrogen) atoms. The summed E-state index contributed by atoms with van der Waals surface area (Å²) in [6.07, 6.45) is 0.505. The van der Waals surface area contributed by atoms with Gasteiger partial charge in [0.1, 0.15) is 0 Å². The first-order valence-electron chi connectivity index (χ1n) is 3.34. The third kappa shape index (κ3) is 1.52. The molecular formula is C7H3BrN2O3. The van der Waals surface area contributed by atoms with Gasteiger partial charge in [0, 0.05) is 0 Å². The molecule has 6 heteroatoms. The van der Waals surface area contributed by atoms with Gasteiger partial charge in [-0.1, -0.05) is 5.16 Å². The summed E-state index contributed by atoms with van der Waals surface area (Å²) in [5, 5.41) is 3.39. The van der Waals surface area contributed by atoms with Crippen molar-refractivity contribution in [1.82, 2.24) is 10.1 Å². The van der Waals surface area contributed by atoms with Crippen LogP contribution in [0.5, 0.6) is 0 Å². The van der Waals surface area contributed by atoms with Crippen LogP contribution in [0, 0.1) is 0 Å². The van der Waals surface area contributed by atoms with E-state index in [-0.39, 0.29) is 11.7 Å². The van der Waals surface area contributed by atoms with Gasteiger partial charge in [-0.3, -0.25) is 4.79 Å². The highest BCUT2D eigenvalue weighted by Crippen LogP contribution is 2.22. The summed E-state index contributed by atoms with van der Waals surface area (Å²) < 4.78 is 10.4. The maximum absolute atomic E-state index is 10.2. The third-order valence-electron chi connectivity index (χ3n) is 1.33. The monoisotopic (exact) mass is 242 g/mol. The number of aldehydes is 1. The van der Waals surface area contributed by atoms with Gasteiger partial charge in [-0.05, 0) is 28.1 Å². The Kier molecular flexibility index (Phi) is 1.97. The van der Waals surface area contributed by atoms with Crippen LogP contribution in [-0.2, 0) is 0 Å².